The van der Waals surface area contributed by atoms with E-state index in [0.29, 0.717) is 17.6 Å². The van der Waals surface area contributed by atoms with Crippen molar-refractivity contribution in [3.8, 4) is 0 Å². The first-order valence-corrected chi connectivity index (χ1v) is 7.98. The number of carbonyl (C=O) groups excluding carboxylic acids is 1. The summed E-state index contributed by atoms with van der Waals surface area (Å²) in [6, 6.07) is 6.06. The molecule has 1 fully saturated rings. The number of halogens is 1. The summed E-state index contributed by atoms with van der Waals surface area (Å²) in [7, 11) is 0. The van der Waals surface area contributed by atoms with E-state index in [0.717, 1.165) is 30.9 Å². The van der Waals surface area contributed by atoms with E-state index in [-0.39, 0.29) is 5.91 Å². The van der Waals surface area contributed by atoms with Crippen molar-refractivity contribution in [2.75, 3.05) is 31.5 Å². The maximum atomic E-state index is 12.2. The second-order valence-corrected chi connectivity index (χ2v) is 6.06. The molecule has 0 spiro atoms. The molecular weight excluding hydrogens is 286 g/mol. The summed E-state index contributed by atoms with van der Waals surface area (Å²) in [6.07, 6.45) is 2.43. The molecule has 0 bridgehead atoms. The Kier molecular flexibility index (Phi) is 6.03. The fourth-order valence-electron chi connectivity index (χ4n) is 2.65. The monoisotopic (exact) mass is 309 g/mol. The lowest BCUT2D eigenvalue weighted by atomic mass is 10.2. The Balaban J connectivity index is 1.88. The molecule has 1 atom stereocenters. The minimum atomic E-state index is 0.0141. The normalized spacial score (nSPS) is 18.2. The quantitative estimate of drug-likeness (QED) is 0.849. The van der Waals surface area contributed by atoms with Crippen LogP contribution in [0.4, 0.5) is 5.69 Å². The summed E-state index contributed by atoms with van der Waals surface area (Å²) in [4.78, 5) is 14.4. The Hall–Kier alpha value is -1.10. The van der Waals surface area contributed by atoms with Crippen LogP contribution in [0, 0.1) is 6.92 Å². The number of nitrogens with zero attached hydrogens (tertiary/aromatic N) is 1. The topological polar surface area (TPSA) is 44.4 Å². The van der Waals surface area contributed by atoms with E-state index >= 15 is 0 Å². The number of likely N-dealkylation sites (N-methyl/N-ethyl adjacent to an activating group) is 1. The number of rotatable bonds is 6. The van der Waals surface area contributed by atoms with Gasteiger partial charge in [-0.2, -0.15) is 0 Å². The van der Waals surface area contributed by atoms with E-state index in [4.69, 9.17) is 11.6 Å². The minimum Gasteiger partial charge on any atom is -0.325 e. The minimum absolute atomic E-state index is 0.0141. The highest BCUT2D eigenvalue weighted by molar-refractivity contribution is 6.31. The van der Waals surface area contributed by atoms with Gasteiger partial charge >= 0.3 is 0 Å². The third-order valence-electron chi connectivity index (χ3n) is 3.93. The summed E-state index contributed by atoms with van der Waals surface area (Å²) in [5.41, 5.74) is 1.82. The molecule has 1 aromatic carbocycles. The molecule has 0 saturated carbocycles. The number of carbonyl (C=O) groups is 1. The van der Waals surface area contributed by atoms with E-state index in [1.165, 1.54) is 12.8 Å². The van der Waals surface area contributed by atoms with Gasteiger partial charge in [0.05, 0.1) is 6.54 Å². The fraction of sp³-hybridized carbons (Fsp3) is 0.562. The molecule has 0 aliphatic carbocycles. The largest absolute Gasteiger partial charge is 0.325 e. The van der Waals surface area contributed by atoms with Crippen molar-refractivity contribution in [2.45, 2.75) is 32.7 Å². The maximum Gasteiger partial charge on any atom is 0.238 e. The number of hydrogen-bond donors (Lipinski definition) is 2. The lowest BCUT2D eigenvalue weighted by Gasteiger charge is -2.23. The second-order valence-electron chi connectivity index (χ2n) is 5.63. The predicted molar refractivity (Wildman–Crippen MR) is 88.0 cm³/mol. The van der Waals surface area contributed by atoms with Gasteiger partial charge in [-0.15, -0.1) is 0 Å². The van der Waals surface area contributed by atoms with Gasteiger partial charge in [-0.25, -0.2) is 0 Å². The second kappa shape index (κ2) is 7.78. The van der Waals surface area contributed by atoms with Crippen LogP contribution in [0.25, 0.3) is 0 Å². The molecule has 1 aliphatic heterocycles. The van der Waals surface area contributed by atoms with Crippen molar-refractivity contribution >= 4 is 23.2 Å². The van der Waals surface area contributed by atoms with Gasteiger partial charge in [0.15, 0.2) is 0 Å². The Morgan fingerprint density at radius 1 is 1.52 bits per heavy atom. The molecule has 0 aromatic heterocycles. The predicted octanol–water partition coefficient (Wildman–Crippen LogP) is 2.66. The highest BCUT2D eigenvalue weighted by Crippen LogP contribution is 2.20. The zero-order valence-electron chi connectivity index (χ0n) is 12.8. The molecule has 2 N–H and O–H groups in total. The molecule has 1 aliphatic rings. The van der Waals surface area contributed by atoms with Gasteiger partial charge in [-0.05, 0) is 50.6 Å². The van der Waals surface area contributed by atoms with Crippen LogP contribution in [-0.4, -0.2) is 43.0 Å². The lowest BCUT2D eigenvalue weighted by Crippen LogP contribution is -2.41. The number of nitrogens with one attached hydrogen (secondary N) is 2. The van der Waals surface area contributed by atoms with E-state index in [2.05, 4.69) is 22.5 Å². The molecule has 1 saturated heterocycles. The van der Waals surface area contributed by atoms with Crippen LogP contribution < -0.4 is 10.6 Å². The zero-order valence-corrected chi connectivity index (χ0v) is 13.5. The number of anilines is 1. The van der Waals surface area contributed by atoms with Crippen molar-refractivity contribution in [3.63, 3.8) is 0 Å². The number of aryl methyl sites for hydroxylation is 1. The highest BCUT2D eigenvalue weighted by Gasteiger charge is 2.18. The number of benzene rings is 1. The molecule has 1 heterocycles. The smallest absolute Gasteiger partial charge is 0.238 e. The Morgan fingerprint density at radius 2 is 2.33 bits per heavy atom. The summed E-state index contributed by atoms with van der Waals surface area (Å²) in [5.74, 6) is 0.0141. The van der Waals surface area contributed by atoms with Crippen molar-refractivity contribution in [3.05, 3.63) is 28.8 Å². The zero-order chi connectivity index (χ0) is 15.2. The van der Waals surface area contributed by atoms with E-state index in [9.17, 15) is 4.79 Å². The van der Waals surface area contributed by atoms with Gasteiger partial charge in [0.1, 0.15) is 0 Å². The number of hydrogen-bond acceptors (Lipinski definition) is 3. The van der Waals surface area contributed by atoms with Crippen LogP contribution in [0.5, 0.6) is 0 Å². The van der Waals surface area contributed by atoms with Crippen LogP contribution in [0.1, 0.15) is 25.3 Å². The molecule has 116 valence electrons. The lowest BCUT2D eigenvalue weighted by molar-refractivity contribution is -0.117. The van der Waals surface area contributed by atoms with E-state index in [1.807, 2.05) is 19.1 Å². The molecule has 1 aromatic rings. The third kappa shape index (κ3) is 4.99. The summed E-state index contributed by atoms with van der Waals surface area (Å²) in [6.45, 7) is 7.37. The first-order valence-electron chi connectivity index (χ1n) is 7.60. The van der Waals surface area contributed by atoms with Crippen molar-refractivity contribution in [1.82, 2.24) is 10.2 Å². The fourth-order valence-corrected chi connectivity index (χ4v) is 2.82. The Bertz CT molecular complexity index is 486. The Morgan fingerprint density at radius 3 is 3.00 bits per heavy atom. The summed E-state index contributed by atoms with van der Waals surface area (Å²) < 4.78 is 0. The van der Waals surface area contributed by atoms with Gasteiger partial charge < -0.3 is 10.6 Å². The summed E-state index contributed by atoms with van der Waals surface area (Å²) >= 11 is 5.98. The molecule has 4 nitrogen and oxygen atoms in total. The molecule has 2 rings (SSSR count). The average Bonchev–Trinajstić information content (AvgIpc) is 2.95. The first kappa shape index (κ1) is 16.3. The molecule has 1 amide bonds. The van der Waals surface area contributed by atoms with Crippen LogP contribution in [-0.2, 0) is 4.79 Å². The first-order chi connectivity index (χ1) is 10.1. The van der Waals surface area contributed by atoms with Gasteiger partial charge in [-0.1, -0.05) is 24.6 Å². The SMILES string of the molecule is CCN(CC(=O)Nc1cc(Cl)ccc1C)CC1CCCN1. The van der Waals surface area contributed by atoms with Gasteiger partial charge in [0.2, 0.25) is 5.91 Å². The maximum absolute atomic E-state index is 12.2. The van der Waals surface area contributed by atoms with Gasteiger partial charge in [0.25, 0.3) is 0 Å². The number of amides is 1. The third-order valence-corrected chi connectivity index (χ3v) is 4.16. The molecule has 1 unspecified atom stereocenters. The summed E-state index contributed by atoms with van der Waals surface area (Å²) in [5, 5.41) is 7.06. The van der Waals surface area contributed by atoms with Crippen molar-refractivity contribution in [1.29, 1.82) is 0 Å². The molecule has 0 radical (unpaired) electrons. The molecular formula is C16H24ClN3O. The van der Waals surface area contributed by atoms with Gasteiger partial charge in [-0.3, -0.25) is 9.69 Å². The van der Waals surface area contributed by atoms with Crippen LogP contribution >= 0.6 is 11.6 Å². The molecule has 21 heavy (non-hydrogen) atoms. The standard InChI is InChI=1S/C16H24ClN3O/c1-3-20(10-14-5-4-8-18-14)11-16(21)19-15-9-13(17)7-6-12(15)2/h6-7,9,14,18H,3-5,8,10-11H2,1-2H3,(H,19,21). The van der Waals surface area contributed by atoms with Crippen molar-refractivity contribution < 1.29 is 4.79 Å². The highest BCUT2D eigenvalue weighted by atomic mass is 35.5. The van der Waals surface area contributed by atoms with Crippen molar-refractivity contribution in [2.24, 2.45) is 0 Å². The van der Waals surface area contributed by atoms with Crippen LogP contribution in [0.15, 0.2) is 18.2 Å². The van der Waals surface area contributed by atoms with E-state index in [1.54, 1.807) is 6.07 Å². The molecule has 5 heteroatoms. The van der Waals surface area contributed by atoms with E-state index < -0.39 is 0 Å². The van der Waals surface area contributed by atoms with Gasteiger partial charge in [0, 0.05) is 23.3 Å². The Labute approximate surface area is 131 Å². The van der Waals surface area contributed by atoms with Crippen LogP contribution in [0.3, 0.4) is 0 Å². The average molecular weight is 310 g/mol. The van der Waals surface area contributed by atoms with Crippen LogP contribution in [0.2, 0.25) is 5.02 Å².